The summed E-state index contributed by atoms with van der Waals surface area (Å²) in [6.07, 6.45) is 2.83. The van der Waals surface area contributed by atoms with Gasteiger partial charge in [0.25, 0.3) is 0 Å². The molecule has 0 aliphatic heterocycles. The minimum atomic E-state index is 0.596. The van der Waals surface area contributed by atoms with E-state index in [0.29, 0.717) is 6.54 Å². The third-order valence-corrected chi connectivity index (χ3v) is 3.67. The highest BCUT2D eigenvalue weighted by Crippen LogP contribution is 2.28. The van der Waals surface area contributed by atoms with Crippen LogP contribution in [0, 0.1) is 6.92 Å². The quantitative estimate of drug-likeness (QED) is 0.800. The molecule has 0 aliphatic carbocycles. The molecule has 3 aromatic rings. The molecule has 0 radical (unpaired) electrons. The van der Waals surface area contributed by atoms with Gasteiger partial charge in [-0.2, -0.15) is 0 Å². The molecule has 0 saturated carbocycles. The summed E-state index contributed by atoms with van der Waals surface area (Å²) in [6.45, 7) is 2.67. The number of imidazole rings is 1. The molecular formula is C17H19N3O. The molecule has 0 aliphatic rings. The lowest BCUT2D eigenvalue weighted by Crippen LogP contribution is -2.06. The monoisotopic (exact) mass is 281 g/mol. The molecule has 0 spiro atoms. The van der Waals surface area contributed by atoms with Gasteiger partial charge >= 0.3 is 0 Å². The lowest BCUT2D eigenvalue weighted by molar-refractivity contribution is 0.415. The van der Waals surface area contributed by atoms with Crippen LogP contribution in [0.25, 0.3) is 16.9 Å². The number of hydrogen-bond donors (Lipinski definition) is 1. The van der Waals surface area contributed by atoms with E-state index >= 15 is 0 Å². The first-order valence-electron chi connectivity index (χ1n) is 7.05. The topological polar surface area (TPSA) is 52.5 Å². The van der Waals surface area contributed by atoms with Gasteiger partial charge in [0.15, 0.2) is 0 Å². The average Bonchev–Trinajstić information content (AvgIpc) is 2.88. The smallest absolute Gasteiger partial charge is 0.140 e. The Kier molecular flexibility index (Phi) is 3.62. The second kappa shape index (κ2) is 5.58. The van der Waals surface area contributed by atoms with Crippen molar-refractivity contribution < 1.29 is 4.74 Å². The predicted molar refractivity (Wildman–Crippen MR) is 84.7 cm³/mol. The Morgan fingerprint density at radius 3 is 2.86 bits per heavy atom. The standard InChI is InChI=1S/C17H19N3O/c1-12-5-4-10-20-15(8-9-18)16(19-17(12)20)13-6-3-7-14(11-13)21-2/h3-7,10-11H,8-9,18H2,1-2H3. The third-order valence-electron chi connectivity index (χ3n) is 3.67. The first-order valence-corrected chi connectivity index (χ1v) is 7.05. The van der Waals surface area contributed by atoms with Gasteiger partial charge in [0.1, 0.15) is 11.4 Å². The van der Waals surface area contributed by atoms with Gasteiger partial charge in [-0.15, -0.1) is 0 Å². The fraction of sp³-hybridized carbons (Fsp3) is 0.235. The molecular weight excluding hydrogens is 262 g/mol. The molecule has 0 unspecified atom stereocenters. The normalized spacial score (nSPS) is 11.0. The van der Waals surface area contributed by atoms with Crippen molar-refractivity contribution in [2.24, 2.45) is 5.73 Å². The zero-order chi connectivity index (χ0) is 14.8. The number of benzene rings is 1. The van der Waals surface area contributed by atoms with Gasteiger partial charge < -0.3 is 14.9 Å². The van der Waals surface area contributed by atoms with Crippen molar-refractivity contribution >= 4 is 5.65 Å². The van der Waals surface area contributed by atoms with Crippen molar-refractivity contribution in [1.29, 1.82) is 0 Å². The summed E-state index contributed by atoms with van der Waals surface area (Å²) < 4.78 is 7.45. The number of nitrogens with two attached hydrogens (primary N) is 1. The summed E-state index contributed by atoms with van der Waals surface area (Å²) in [4.78, 5) is 4.83. The minimum Gasteiger partial charge on any atom is -0.497 e. The maximum atomic E-state index is 5.79. The van der Waals surface area contributed by atoms with Crippen LogP contribution in [0.2, 0.25) is 0 Å². The molecule has 0 saturated heterocycles. The van der Waals surface area contributed by atoms with Crippen molar-refractivity contribution in [3.05, 3.63) is 53.9 Å². The maximum Gasteiger partial charge on any atom is 0.140 e. The number of methoxy groups -OCH3 is 1. The van der Waals surface area contributed by atoms with Crippen LogP contribution in [0.3, 0.4) is 0 Å². The lowest BCUT2D eigenvalue weighted by Gasteiger charge is -2.06. The van der Waals surface area contributed by atoms with Crippen LogP contribution < -0.4 is 10.5 Å². The van der Waals surface area contributed by atoms with E-state index < -0.39 is 0 Å². The molecule has 0 fully saturated rings. The molecule has 0 amide bonds. The molecule has 2 N–H and O–H groups in total. The lowest BCUT2D eigenvalue weighted by atomic mass is 10.1. The molecule has 4 nitrogen and oxygen atoms in total. The number of fused-ring (bicyclic) bond motifs is 1. The Morgan fingerprint density at radius 2 is 2.10 bits per heavy atom. The summed E-state index contributed by atoms with van der Waals surface area (Å²) in [7, 11) is 1.67. The molecule has 108 valence electrons. The van der Waals surface area contributed by atoms with Crippen LogP contribution in [-0.2, 0) is 6.42 Å². The number of ether oxygens (including phenoxy) is 1. The highest BCUT2D eigenvalue weighted by atomic mass is 16.5. The van der Waals surface area contributed by atoms with E-state index in [9.17, 15) is 0 Å². The highest BCUT2D eigenvalue weighted by molar-refractivity contribution is 5.69. The van der Waals surface area contributed by atoms with Crippen molar-refractivity contribution in [3.8, 4) is 17.0 Å². The molecule has 0 bridgehead atoms. The Morgan fingerprint density at radius 1 is 1.24 bits per heavy atom. The summed E-state index contributed by atoms with van der Waals surface area (Å²) in [5.41, 5.74) is 11.1. The fourth-order valence-electron chi connectivity index (χ4n) is 2.63. The SMILES string of the molecule is COc1cccc(-c2nc3c(C)cccn3c2CCN)c1. The van der Waals surface area contributed by atoms with Gasteiger partial charge in [0, 0.05) is 18.2 Å². The molecule has 1 aromatic carbocycles. The summed E-state index contributed by atoms with van der Waals surface area (Å²) in [5.74, 6) is 0.833. The van der Waals surface area contributed by atoms with Crippen molar-refractivity contribution in [2.45, 2.75) is 13.3 Å². The Labute approximate surface area is 124 Å². The van der Waals surface area contributed by atoms with E-state index in [1.54, 1.807) is 7.11 Å². The largest absolute Gasteiger partial charge is 0.497 e. The third kappa shape index (κ3) is 2.38. The second-order valence-electron chi connectivity index (χ2n) is 5.06. The fourth-order valence-corrected chi connectivity index (χ4v) is 2.63. The van der Waals surface area contributed by atoms with Gasteiger partial charge in [-0.05, 0) is 37.2 Å². The molecule has 2 heterocycles. The maximum absolute atomic E-state index is 5.79. The molecule has 2 aromatic heterocycles. The zero-order valence-corrected chi connectivity index (χ0v) is 12.3. The van der Waals surface area contributed by atoms with E-state index in [-0.39, 0.29) is 0 Å². The minimum absolute atomic E-state index is 0.596. The molecule has 0 atom stereocenters. The Bertz CT molecular complexity index is 777. The second-order valence-corrected chi connectivity index (χ2v) is 5.06. The van der Waals surface area contributed by atoms with Gasteiger partial charge in [-0.1, -0.05) is 18.2 Å². The average molecular weight is 281 g/mol. The summed E-state index contributed by atoms with van der Waals surface area (Å²) in [5, 5.41) is 0. The van der Waals surface area contributed by atoms with Crippen molar-refractivity contribution in [3.63, 3.8) is 0 Å². The Balaban J connectivity index is 2.25. The molecule has 3 rings (SSSR count). The molecule has 4 heteroatoms. The van der Waals surface area contributed by atoms with Crippen LogP contribution in [0.15, 0.2) is 42.6 Å². The zero-order valence-electron chi connectivity index (χ0n) is 12.3. The van der Waals surface area contributed by atoms with E-state index in [0.717, 1.165) is 40.3 Å². The number of hydrogen-bond acceptors (Lipinski definition) is 3. The number of pyridine rings is 1. The number of aromatic nitrogens is 2. The predicted octanol–water partition coefficient (Wildman–Crippen LogP) is 2.82. The number of rotatable bonds is 4. The van der Waals surface area contributed by atoms with Crippen LogP contribution in [0.5, 0.6) is 5.75 Å². The summed E-state index contributed by atoms with van der Waals surface area (Å²) >= 11 is 0. The van der Waals surface area contributed by atoms with Gasteiger partial charge in [0.2, 0.25) is 0 Å². The first kappa shape index (κ1) is 13.6. The van der Waals surface area contributed by atoms with E-state index in [4.69, 9.17) is 15.5 Å². The van der Waals surface area contributed by atoms with Crippen LogP contribution in [-0.4, -0.2) is 23.0 Å². The van der Waals surface area contributed by atoms with E-state index in [2.05, 4.69) is 23.5 Å². The van der Waals surface area contributed by atoms with Gasteiger partial charge in [-0.3, -0.25) is 0 Å². The molecule has 21 heavy (non-hydrogen) atoms. The van der Waals surface area contributed by atoms with Crippen LogP contribution in [0.4, 0.5) is 0 Å². The van der Waals surface area contributed by atoms with Gasteiger partial charge in [0.05, 0.1) is 18.5 Å². The number of aryl methyl sites for hydroxylation is 1. The van der Waals surface area contributed by atoms with Crippen molar-refractivity contribution in [1.82, 2.24) is 9.38 Å². The summed E-state index contributed by atoms with van der Waals surface area (Å²) in [6, 6.07) is 12.1. The Hall–Kier alpha value is -2.33. The van der Waals surface area contributed by atoms with E-state index in [1.165, 1.54) is 0 Å². The van der Waals surface area contributed by atoms with E-state index in [1.807, 2.05) is 30.5 Å². The van der Waals surface area contributed by atoms with Crippen LogP contribution in [0.1, 0.15) is 11.3 Å². The highest BCUT2D eigenvalue weighted by Gasteiger charge is 2.14. The van der Waals surface area contributed by atoms with Crippen LogP contribution >= 0.6 is 0 Å². The van der Waals surface area contributed by atoms with Crippen molar-refractivity contribution in [2.75, 3.05) is 13.7 Å². The van der Waals surface area contributed by atoms with Gasteiger partial charge in [-0.25, -0.2) is 4.98 Å². The first-order chi connectivity index (χ1) is 10.2. The number of nitrogens with zero attached hydrogens (tertiary/aromatic N) is 2.